The lowest BCUT2D eigenvalue weighted by atomic mass is 9.85. The maximum Gasteiger partial charge on any atom is 0.251 e. The number of carbonyl (C=O) groups is 1. The van der Waals surface area contributed by atoms with Crippen molar-refractivity contribution in [2.24, 2.45) is 5.92 Å². The van der Waals surface area contributed by atoms with Crippen LogP contribution in [0.2, 0.25) is 0 Å². The molecule has 1 heterocycles. The van der Waals surface area contributed by atoms with Crippen molar-refractivity contribution in [2.45, 2.75) is 38.2 Å². The van der Waals surface area contributed by atoms with Gasteiger partial charge in [0.2, 0.25) is 0 Å². The number of carbonyl (C=O) groups excluding carboxylic acids is 1. The first-order valence-corrected chi connectivity index (χ1v) is 8.15. The molecule has 1 aliphatic rings. The van der Waals surface area contributed by atoms with E-state index in [-0.39, 0.29) is 5.91 Å². The molecule has 1 fully saturated rings. The highest BCUT2D eigenvalue weighted by molar-refractivity contribution is 7.00. The fourth-order valence-electron chi connectivity index (χ4n) is 2.91. The van der Waals surface area contributed by atoms with Crippen molar-refractivity contribution < 1.29 is 9.90 Å². The molecule has 0 aliphatic heterocycles. The van der Waals surface area contributed by atoms with Gasteiger partial charge in [-0.3, -0.25) is 4.79 Å². The summed E-state index contributed by atoms with van der Waals surface area (Å²) in [4.78, 5) is 12.1. The average molecular weight is 305 g/mol. The second-order valence-electron chi connectivity index (χ2n) is 5.64. The summed E-state index contributed by atoms with van der Waals surface area (Å²) in [5.41, 5.74) is 2.10. The molecule has 5 nitrogen and oxygen atoms in total. The van der Waals surface area contributed by atoms with E-state index in [1.54, 1.807) is 18.2 Å². The third kappa shape index (κ3) is 3.39. The number of amides is 1. The summed E-state index contributed by atoms with van der Waals surface area (Å²) in [7, 11) is 0. The molecule has 2 aromatic rings. The number of benzene rings is 1. The standard InChI is InChI=1S/C15H19N3O2S/c19-14(10-4-2-1-3-5-10)9-16-15(20)11-6-7-12-13(8-11)18-21-17-12/h6-8,10,14,19H,1-5,9H2,(H,16,20)/t14-/m1/s1. The van der Waals surface area contributed by atoms with Gasteiger partial charge in [0.15, 0.2) is 0 Å². The lowest BCUT2D eigenvalue weighted by Gasteiger charge is -2.26. The molecule has 2 N–H and O–H groups in total. The van der Waals surface area contributed by atoms with Crippen molar-refractivity contribution in [2.75, 3.05) is 6.54 Å². The molecule has 1 amide bonds. The predicted molar refractivity (Wildman–Crippen MR) is 82.3 cm³/mol. The summed E-state index contributed by atoms with van der Waals surface area (Å²) >= 11 is 1.14. The van der Waals surface area contributed by atoms with Gasteiger partial charge in [0, 0.05) is 12.1 Å². The van der Waals surface area contributed by atoms with Crippen molar-refractivity contribution in [1.29, 1.82) is 0 Å². The van der Waals surface area contributed by atoms with Crippen LogP contribution in [0.5, 0.6) is 0 Å². The second-order valence-corrected chi connectivity index (χ2v) is 6.17. The number of aromatic nitrogens is 2. The largest absolute Gasteiger partial charge is 0.391 e. The van der Waals surface area contributed by atoms with Crippen LogP contribution in [0, 0.1) is 5.92 Å². The molecular formula is C15H19N3O2S. The van der Waals surface area contributed by atoms with Crippen molar-refractivity contribution in [1.82, 2.24) is 14.1 Å². The zero-order chi connectivity index (χ0) is 14.7. The van der Waals surface area contributed by atoms with E-state index in [4.69, 9.17) is 0 Å². The van der Waals surface area contributed by atoms with Gasteiger partial charge in [-0.1, -0.05) is 19.3 Å². The first-order chi connectivity index (χ1) is 10.2. The zero-order valence-electron chi connectivity index (χ0n) is 11.8. The molecule has 0 bridgehead atoms. The van der Waals surface area contributed by atoms with E-state index >= 15 is 0 Å². The molecule has 1 aromatic heterocycles. The van der Waals surface area contributed by atoms with Crippen molar-refractivity contribution >= 4 is 28.7 Å². The molecule has 0 radical (unpaired) electrons. The van der Waals surface area contributed by atoms with E-state index in [9.17, 15) is 9.90 Å². The van der Waals surface area contributed by atoms with Crippen molar-refractivity contribution in [3.8, 4) is 0 Å². The molecule has 1 saturated carbocycles. The van der Waals surface area contributed by atoms with Gasteiger partial charge < -0.3 is 10.4 Å². The Hall–Kier alpha value is -1.53. The van der Waals surface area contributed by atoms with Gasteiger partial charge in [-0.2, -0.15) is 8.75 Å². The molecule has 6 heteroatoms. The Labute approximate surface area is 127 Å². The summed E-state index contributed by atoms with van der Waals surface area (Å²) in [5, 5.41) is 13.0. The number of aliphatic hydroxyl groups is 1. The van der Waals surface area contributed by atoms with E-state index in [0.717, 1.165) is 35.6 Å². The molecule has 1 atom stereocenters. The fraction of sp³-hybridized carbons (Fsp3) is 0.533. The number of aliphatic hydroxyl groups excluding tert-OH is 1. The van der Waals surface area contributed by atoms with Gasteiger partial charge in [0.25, 0.3) is 5.91 Å². The molecule has 0 unspecified atom stereocenters. The highest BCUT2D eigenvalue weighted by Crippen LogP contribution is 2.26. The minimum absolute atomic E-state index is 0.167. The van der Waals surface area contributed by atoms with Gasteiger partial charge >= 0.3 is 0 Å². The Morgan fingerprint density at radius 3 is 2.86 bits per heavy atom. The smallest absolute Gasteiger partial charge is 0.251 e. The van der Waals surface area contributed by atoms with E-state index in [1.807, 2.05) is 0 Å². The van der Waals surface area contributed by atoms with E-state index in [0.29, 0.717) is 18.0 Å². The van der Waals surface area contributed by atoms with Crippen molar-refractivity contribution in [3.05, 3.63) is 23.8 Å². The first kappa shape index (κ1) is 14.4. The summed E-state index contributed by atoms with van der Waals surface area (Å²) in [6.07, 6.45) is 5.31. The quantitative estimate of drug-likeness (QED) is 0.909. The minimum atomic E-state index is -0.445. The predicted octanol–water partition coefficient (Wildman–Crippen LogP) is 2.36. The van der Waals surface area contributed by atoms with E-state index in [1.165, 1.54) is 19.3 Å². The zero-order valence-corrected chi connectivity index (χ0v) is 12.6. The first-order valence-electron chi connectivity index (χ1n) is 7.42. The van der Waals surface area contributed by atoms with Crippen LogP contribution in [0.3, 0.4) is 0 Å². The lowest BCUT2D eigenvalue weighted by molar-refractivity contribution is 0.0738. The summed E-state index contributed by atoms with van der Waals surface area (Å²) in [6.45, 7) is 0.316. The number of hydrogen-bond donors (Lipinski definition) is 2. The third-order valence-corrected chi connectivity index (χ3v) is 4.74. The Morgan fingerprint density at radius 1 is 1.29 bits per heavy atom. The van der Waals surface area contributed by atoms with Crippen LogP contribution in [0.4, 0.5) is 0 Å². The van der Waals surface area contributed by atoms with Crippen LogP contribution in [0.25, 0.3) is 11.0 Å². The van der Waals surface area contributed by atoms with Crippen LogP contribution in [0.1, 0.15) is 42.5 Å². The molecule has 3 rings (SSSR count). The summed E-state index contributed by atoms with van der Waals surface area (Å²) in [5.74, 6) is 0.157. The highest BCUT2D eigenvalue weighted by atomic mass is 32.1. The third-order valence-electron chi connectivity index (χ3n) is 4.18. The Morgan fingerprint density at radius 2 is 2.05 bits per heavy atom. The molecule has 0 saturated heterocycles. The van der Waals surface area contributed by atoms with Crippen LogP contribution < -0.4 is 5.32 Å². The highest BCUT2D eigenvalue weighted by Gasteiger charge is 2.22. The van der Waals surface area contributed by atoms with Gasteiger partial charge in [-0.15, -0.1) is 0 Å². The number of nitrogens with zero attached hydrogens (tertiary/aromatic N) is 2. The monoisotopic (exact) mass is 305 g/mol. The maximum absolute atomic E-state index is 12.1. The van der Waals surface area contributed by atoms with Crippen LogP contribution in [0.15, 0.2) is 18.2 Å². The number of rotatable bonds is 4. The Kier molecular flexibility index (Phi) is 4.45. The van der Waals surface area contributed by atoms with Gasteiger partial charge in [0.1, 0.15) is 11.0 Å². The summed E-state index contributed by atoms with van der Waals surface area (Å²) in [6, 6.07) is 5.28. The molecule has 112 valence electrons. The van der Waals surface area contributed by atoms with Crippen molar-refractivity contribution in [3.63, 3.8) is 0 Å². The number of fused-ring (bicyclic) bond motifs is 1. The Balaban J connectivity index is 1.57. The molecule has 0 spiro atoms. The topological polar surface area (TPSA) is 75.1 Å². The number of hydrogen-bond acceptors (Lipinski definition) is 5. The molecule has 21 heavy (non-hydrogen) atoms. The normalized spacial score (nSPS) is 17.8. The van der Waals surface area contributed by atoms with E-state index in [2.05, 4.69) is 14.1 Å². The van der Waals surface area contributed by atoms with E-state index < -0.39 is 6.10 Å². The second kappa shape index (κ2) is 6.49. The maximum atomic E-state index is 12.1. The van der Waals surface area contributed by atoms with Crippen LogP contribution in [-0.4, -0.2) is 32.4 Å². The van der Waals surface area contributed by atoms with Gasteiger partial charge in [-0.05, 0) is 37.0 Å². The lowest BCUT2D eigenvalue weighted by Crippen LogP contribution is -2.37. The Bertz CT molecular complexity index is 622. The fourth-order valence-corrected chi connectivity index (χ4v) is 3.43. The van der Waals surface area contributed by atoms with Crippen LogP contribution >= 0.6 is 11.7 Å². The number of nitrogens with one attached hydrogen (secondary N) is 1. The molecule has 1 aromatic carbocycles. The van der Waals surface area contributed by atoms with Gasteiger partial charge in [0.05, 0.1) is 17.8 Å². The minimum Gasteiger partial charge on any atom is -0.391 e. The SMILES string of the molecule is O=C(NC[C@@H](O)C1CCCCC1)c1ccc2nsnc2c1. The molecular weight excluding hydrogens is 286 g/mol. The van der Waals surface area contributed by atoms with Crippen LogP contribution in [-0.2, 0) is 0 Å². The molecule has 1 aliphatic carbocycles. The van der Waals surface area contributed by atoms with Gasteiger partial charge in [-0.25, -0.2) is 0 Å². The summed E-state index contributed by atoms with van der Waals surface area (Å²) < 4.78 is 8.24. The average Bonchev–Trinajstić information content (AvgIpc) is 3.00.